The zero-order chi connectivity index (χ0) is 16.8. The van der Waals surface area contributed by atoms with Crippen LogP contribution in [0.5, 0.6) is 0 Å². The minimum absolute atomic E-state index is 0.115. The van der Waals surface area contributed by atoms with Gasteiger partial charge in [0.15, 0.2) is 15.4 Å². The predicted octanol–water partition coefficient (Wildman–Crippen LogP) is 0.757. The van der Waals surface area contributed by atoms with Crippen LogP contribution in [0.3, 0.4) is 0 Å². The van der Waals surface area contributed by atoms with Crippen LogP contribution in [0.1, 0.15) is 16.8 Å². The van der Waals surface area contributed by atoms with Crippen LogP contribution in [0, 0.1) is 0 Å². The van der Waals surface area contributed by atoms with Crippen LogP contribution in [0.4, 0.5) is 4.79 Å². The second kappa shape index (κ2) is 5.23. The summed E-state index contributed by atoms with van der Waals surface area (Å²) in [5.74, 6) is -0.252. The standard InChI is InChI=1S/C15H18N2O5S/c1-16-9-15(22-14(16)19)6-7-17(10-15)13(18)11-4-3-5-12(8-11)23(2,20)21/h3-5,8H,6-7,9-10H2,1-2H3/t15-/m1/s1. The van der Waals surface area contributed by atoms with Gasteiger partial charge in [-0.25, -0.2) is 13.2 Å². The number of likely N-dealkylation sites (N-methyl/N-ethyl adjacent to an activating group) is 1. The molecule has 2 aliphatic rings. The van der Waals surface area contributed by atoms with Gasteiger partial charge in [-0.15, -0.1) is 0 Å². The Hall–Kier alpha value is -2.09. The lowest BCUT2D eigenvalue weighted by atomic mass is 10.0. The van der Waals surface area contributed by atoms with Crippen LogP contribution < -0.4 is 0 Å². The van der Waals surface area contributed by atoms with Crippen molar-refractivity contribution in [3.63, 3.8) is 0 Å². The normalized spacial score (nSPS) is 24.3. The molecule has 2 aliphatic heterocycles. The molecule has 124 valence electrons. The monoisotopic (exact) mass is 338 g/mol. The third-order valence-corrected chi connectivity index (χ3v) is 5.36. The highest BCUT2D eigenvalue weighted by Crippen LogP contribution is 2.32. The molecule has 0 radical (unpaired) electrons. The molecule has 3 rings (SSSR count). The fraction of sp³-hybridized carbons (Fsp3) is 0.467. The van der Waals surface area contributed by atoms with E-state index in [1.165, 1.54) is 17.0 Å². The molecule has 7 nitrogen and oxygen atoms in total. The maximum Gasteiger partial charge on any atom is 0.410 e. The SMILES string of the molecule is CN1C[C@@]2(CCN(C(=O)c3cccc(S(C)(=O)=O)c3)C2)OC1=O. The van der Waals surface area contributed by atoms with Gasteiger partial charge in [0.2, 0.25) is 0 Å². The molecular weight excluding hydrogens is 320 g/mol. The van der Waals surface area contributed by atoms with Crippen molar-refractivity contribution in [1.29, 1.82) is 0 Å². The van der Waals surface area contributed by atoms with Crippen molar-refractivity contribution >= 4 is 21.8 Å². The van der Waals surface area contributed by atoms with E-state index in [0.29, 0.717) is 31.6 Å². The Morgan fingerprint density at radius 1 is 1.30 bits per heavy atom. The molecule has 2 amide bonds. The minimum Gasteiger partial charge on any atom is -0.439 e. The van der Waals surface area contributed by atoms with Crippen LogP contribution in [0.25, 0.3) is 0 Å². The highest BCUT2D eigenvalue weighted by molar-refractivity contribution is 7.90. The van der Waals surface area contributed by atoms with Crippen LogP contribution >= 0.6 is 0 Å². The van der Waals surface area contributed by atoms with Gasteiger partial charge >= 0.3 is 6.09 Å². The molecule has 8 heteroatoms. The first-order valence-corrected chi connectivity index (χ1v) is 9.13. The number of ether oxygens (including phenoxy) is 1. The van der Waals surface area contributed by atoms with E-state index in [1.807, 2.05) is 0 Å². The number of nitrogens with zero attached hydrogens (tertiary/aromatic N) is 2. The summed E-state index contributed by atoms with van der Waals surface area (Å²) in [5, 5.41) is 0. The van der Waals surface area contributed by atoms with E-state index < -0.39 is 15.4 Å². The van der Waals surface area contributed by atoms with Crippen molar-refractivity contribution in [2.45, 2.75) is 16.9 Å². The lowest BCUT2D eigenvalue weighted by molar-refractivity contribution is 0.0553. The van der Waals surface area contributed by atoms with E-state index in [9.17, 15) is 18.0 Å². The predicted molar refractivity (Wildman–Crippen MR) is 81.9 cm³/mol. The summed E-state index contributed by atoms with van der Waals surface area (Å²) in [6.07, 6.45) is 1.31. The minimum atomic E-state index is -3.37. The number of hydrogen-bond donors (Lipinski definition) is 0. The molecule has 1 spiro atoms. The molecule has 1 aromatic rings. The molecule has 0 aliphatic carbocycles. The first-order valence-electron chi connectivity index (χ1n) is 7.24. The molecule has 1 aromatic carbocycles. The van der Waals surface area contributed by atoms with Gasteiger partial charge in [-0.2, -0.15) is 0 Å². The second-order valence-electron chi connectivity index (χ2n) is 6.18. The lowest BCUT2D eigenvalue weighted by Crippen LogP contribution is -2.39. The number of carbonyl (C=O) groups excluding carboxylic acids is 2. The Bertz CT molecular complexity index is 776. The van der Waals surface area contributed by atoms with Gasteiger partial charge in [0.1, 0.15) is 0 Å². The largest absolute Gasteiger partial charge is 0.439 e. The molecule has 0 unspecified atom stereocenters. The van der Waals surface area contributed by atoms with Gasteiger partial charge in [0.25, 0.3) is 5.91 Å². The van der Waals surface area contributed by atoms with Gasteiger partial charge in [0.05, 0.1) is 18.0 Å². The average Bonchev–Trinajstić information content (AvgIpc) is 3.01. The summed E-state index contributed by atoms with van der Waals surface area (Å²) in [4.78, 5) is 27.4. The van der Waals surface area contributed by atoms with E-state index >= 15 is 0 Å². The molecule has 0 N–H and O–H groups in total. The summed E-state index contributed by atoms with van der Waals surface area (Å²) in [6, 6.07) is 5.99. The first-order chi connectivity index (χ1) is 10.7. The van der Waals surface area contributed by atoms with Crippen LogP contribution in [0.2, 0.25) is 0 Å². The van der Waals surface area contributed by atoms with Crippen molar-refractivity contribution in [3.8, 4) is 0 Å². The van der Waals surface area contributed by atoms with Gasteiger partial charge < -0.3 is 14.5 Å². The van der Waals surface area contributed by atoms with Crippen molar-refractivity contribution in [1.82, 2.24) is 9.80 Å². The Balaban J connectivity index is 1.79. The Labute approximate surface area is 134 Å². The molecule has 23 heavy (non-hydrogen) atoms. The van der Waals surface area contributed by atoms with Crippen LogP contribution in [-0.4, -0.2) is 68.8 Å². The number of benzene rings is 1. The van der Waals surface area contributed by atoms with Gasteiger partial charge in [0, 0.05) is 31.8 Å². The number of amides is 2. The summed E-state index contributed by atoms with van der Waals surface area (Å²) in [6.45, 7) is 1.26. The maximum atomic E-state index is 12.6. The Kier molecular flexibility index (Phi) is 3.59. The summed E-state index contributed by atoms with van der Waals surface area (Å²) in [7, 11) is -1.70. The van der Waals surface area contributed by atoms with Crippen molar-refractivity contribution in [2.75, 3.05) is 32.9 Å². The number of carbonyl (C=O) groups is 2. The molecular formula is C15H18N2O5S. The maximum absolute atomic E-state index is 12.6. The van der Waals surface area contributed by atoms with E-state index in [2.05, 4.69) is 0 Å². The zero-order valence-corrected chi connectivity index (χ0v) is 13.8. The zero-order valence-electron chi connectivity index (χ0n) is 13.0. The third-order valence-electron chi connectivity index (χ3n) is 4.25. The van der Waals surface area contributed by atoms with Gasteiger partial charge in [-0.3, -0.25) is 4.79 Å². The Morgan fingerprint density at radius 3 is 2.65 bits per heavy atom. The molecule has 0 saturated carbocycles. The van der Waals surface area contributed by atoms with Crippen molar-refractivity contribution < 1.29 is 22.7 Å². The van der Waals surface area contributed by atoms with Crippen molar-refractivity contribution in [2.24, 2.45) is 0 Å². The third kappa shape index (κ3) is 2.90. The van der Waals surface area contributed by atoms with E-state index in [1.54, 1.807) is 24.1 Å². The van der Waals surface area contributed by atoms with Gasteiger partial charge in [-0.1, -0.05) is 6.07 Å². The van der Waals surface area contributed by atoms with Crippen molar-refractivity contribution in [3.05, 3.63) is 29.8 Å². The fourth-order valence-electron chi connectivity index (χ4n) is 3.06. The summed E-state index contributed by atoms with van der Waals surface area (Å²) in [5.41, 5.74) is -0.321. The summed E-state index contributed by atoms with van der Waals surface area (Å²) < 4.78 is 28.6. The molecule has 0 aromatic heterocycles. The highest BCUT2D eigenvalue weighted by Gasteiger charge is 2.49. The molecule has 2 saturated heterocycles. The van der Waals surface area contributed by atoms with Gasteiger partial charge in [-0.05, 0) is 18.2 Å². The fourth-order valence-corrected chi connectivity index (χ4v) is 3.73. The smallest absolute Gasteiger partial charge is 0.410 e. The first kappa shape index (κ1) is 15.8. The number of sulfone groups is 1. The molecule has 2 fully saturated rings. The van der Waals surface area contributed by atoms with E-state index in [0.717, 1.165) is 6.26 Å². The topological polar surface area (TPSA) is 84.0 Å². The number of hydrogen-bond acceptors (Lipinski definition) is 5. The average molecular weight is 338 g/mol. The summed E-state index contributed by atoms with van der Waals surface area (Å²) >= 11 is 0. The second-order valence-corrected chi connectivity index (χ2v) is 8.20. The molecule has 0 bridgehead atoms. The number of likely N-dealkylation sites (tertiary alicyclic amines) is 1. The van der Waals surface area contributed by atoms with Crippen LogP contribution in [-0.2, 0) is 14.6 Å². The molecule has 2 heterocycles. The number of rotatable bonds is 2. The molecule has 1 atom stereocenters. The quantitative estimate of drug-likeness (QED) is 0.795. The van der Waals surface area contributed by atoms with E-state index in [-0.39, 0.29) is 16.9 Å². The lowest BCUT2D eigenvalue weighted by Gasteiger charge is -2.22. The Morgan fingerprint density at radius 2 is 2.04 bits per heavy atom. The van der Waals surface area contributed by atoms with Crippen LogP contribution in [0.15, 0.2) is 29.2 Å². The highest BCUT2D eigenvalue weighted by atomic mass is 32.2. The van der Waals surface area contributed by atoms with E-state index in [4.69, 9.17) is 4.74 Å².